The van der Waals surface area contributed by atoms with Crippen LogP contribution in [0.2, 0.25) is 0 Å². The number of fused-ring (bicyclic) bond motifs is 1. The molecule has 0 fully saturated rings. The number of nitrogens with one attached hydrogen (secondary N) is 1. The van der Waals surface area contributed by atoms with E-state index >= 15 is 0 Å². The van der Waals surface area contributed by atoms with Gasteiger partial charge in [0.25, 0.3) is 0 Å². The Labute approximate surface area is 122 Å². The van der Waals surface area contributed by atoms with Crippen LogP contribution in [0.3, 0.4) is 0 Å². The van der Waals surface area contributed by atoms with Gasteiger partial charge in [0.05, 0.1) is 16.3 Å². The summed E-state index contributed by atoms with van der Waals surface area (Å²) in [5.41, 5.74) is 5.41. The van der Waals surface area contributed by atoms with Gasteiger partial charge in [0, 0.05) is 5.56 Å². The lowest BCUT2D eigenvalue weighted by atomic mass is 10.2. The van der Waals surface area contributed by atoms with E-state index in [4.69, 9.17) is 0 Å². The van der Waals surface area contributed by atoms with E-state index in [1.807, 2.05) is 18.2 Å². The lowest BCUT2D eigenvalue weighted by Crippen LogP contribution is -2.13. The average Bonchev–Trinajstić information content (AvgIpc) is 2.84. The van der Waals surface area contributed by atoms with E-state index in [-0.39, 0.29) is 0 Å². The van der Waals surface area contributed by atoms with Crippen LogP contribution in [0.4, 0.5) is 0 Å². The number of aromatic hydroxyl groups is 1. The van der Waals surface area contributed by atoms with Crippen LogP contribution in [-0.4, -0.2) is 24.7 Å². The fourth-order valence-corrected chi connectivity index (χ4v) is 2.31. The van der Waals surface area contributed by atoms with Gasteiger partial charge < -0.3 is 10.5 Å². The first-order chi connectivity index (χ1) is 9.25. The van der Waals surface area contributed by atoms with E-state index < -0.39 is 0 Å². The minimum atomic E-state index is 0.301. The van der Waals surface area contributed by atoms with Crippen LogP contribution in [0, 0.1) is 3.57 Å². The number of nitrogens with zero attached hydrogens (tertiary/aromatic N) is 4. The first kappa shape index (κ1) is 12.2. The highest BCUT2D eigenvalue weighted by molar-refractivity contribution is 14.1. The molecule has 0 atom stereocenters. The summed E-state index contributed by atoms with van der Waals surface area (Å²) >= 11 is 2.10. The molecule has 0 bridgehead atoms. The van der Waals surface area contributed by atoms with Crippen molar-refractivity contribution >= 4 is 33.8 Å². The zero-order valence-electron chi connectivity index (χ0n) is 9.79. The molecule has 0 aliphatic rings. The number of imidazole rings is 1. The Hall–Kier alpha value is -1.90. The maximum atomic E-state index is 9.94. The monoisotopic (exact) mass is 367 g/mol. The Balaban J connectivity index is 1.84. The molecule has 2 heterocycles. The van der Waals surface area contributed by atoms with E-state index in [9.17, 15) is 5.11 Å². The van der Waals surface area contributed by atoms with Gasteiger partial charge in [0.1, 0.15) is 23.9 Å². The molecule has 6 nitrogen and oxygen atoms in total. The second kappa shape index (κ2) is 5.00. The van der Waals surface area contributed by atoms with Crippen molar-refractivity contribution in [3.63, 3.8) is 0 Å². The Morgan fingerprint density at radius 1 is 1.32 bits per heavy atom. The molecule has 7 heteroatoms. The number of benzene rings is 1. The molecule has 3 aromatic rings. The minimum absolute atomic E-state index is 0.301. The number of hydrogen-bond acceptors (Lipinski definition) is 5. The van der Waals surface area contributed by atoms with Crippen molar-refractivity contribution in [1.29, 1.82) is 0 Å². The van der Waals surface area contributed by atoms with Crippen molar-refractivity contribution in [3.8, 4) is 5.75 Å². The van der Waals surface area contributed by atoms with Crippen molar-refractivity contribution in [3.05, 3.63) is 46.2 Å². The molecule has 0 saturated heterocycles. The summed E-state index contributed by atoms with van der Waals surface area (Å²) in [7, 11) is 0. The Bertz CT molecular complexity index is 727. The third-order valence-electron chi connectivity index (χ3n) is 2.72. The summed E-state index contributed by atoms with van der Waals surface area (Å²) < 4.78 is 2.55. The molecule has 19 heavy (non-hydrogen) atoms. The third kappa shape index (κ3) is 2.33. The summed E-state index contributed by atoms with van der Waals surface area (Å²) in [6.45, 7) is 0.484. The van der Waals surface area contributed by atoms with Crippen LogP contribution in [0.25, 0.3) is 11.2 Å². The molecule has 96 valence electrons. The molecule has 3 rings (SSSR count). The summed E-state index contributed by atoms with van der Waals surface area (Å²) in [6.07, 6.45) is 4.78. The van der Waals surface area contributed by atoms with Gasteiger partial charge in [-0.15, -0.1) is 0 Å². The summed E-state index contributed by atoms with van der Waals surface area (Å²) in [5, 5.41) is 9.94. The number of rotatable bonds is 3. The van der Waals surface area contributed by atoms with Gasteiger partial charge in [-0.3, -0.25) is 0 Å². The van der Waals surface area contributed by atoms with Crippen molar-refractivity contribution in [2.45, 2.75) is 6.54 Å². The topological polar surface area (TPSA) is 75.9 Å². The Morgan fingerprint density at radius 2 is 2.21 bits per heavy atom. The van der Waals surface area contributed by atoms with Gasteiger partial charge >= 0.3 is 0 Å². The van der Waals surface area contributed by atoms with Crippen molar-refractivity contribution in [2.24, 2.45) is 0 Å². The summed E-state index contributed by atoms with van der Waals surface area (Å²) in [5.74, 6) is 0.301. The molecule has 0 aliphatic carbocycles. The van der Waals surface area contributed by atoms with Gasteiger partial charge in [-0.05, 0) is 28.7 Å². The highest BCUT2D eigenvalue weighted by atomic mass is 127. The molecule has 0 amide bonds. The lowest BCUT2D eigenvalue weighted by molar-refractivity contribution is 0.464. The van der Waals surface area contributed by atoms with E-state index in [0.29, 0.717) is 17.9 Å². The second-order valence-electron chi connectivity index (χ2n) is 3.93. The quantitative estimate of drug-likeness (QED) is 0.692. The zero-order chi connectivity index (χ0) is 13.2. The van der Waals surface area contributed by atoms with E-state index in [1.54, 1.807) is 17.2 Å². The smallest absolute Gasteiger partial charge is 0.181 e. The molecule has 0 unspecified atom stereocenters. The van der Waals surface area contributed by atoms with Gasteiger partial charge in [-0.2, -0.15) is 0 Å². The van der Waals surface area contributed by atoms with E-state index in [2.05, 4.69) is 43.0 Å². The van der Waals surface area contributed by atoms with Gasteiger partial charge in [-0.1, -0.05) is 12.1 Å². The van der Waals surface area contributed by atoms with Gasteiger partial charge in [0.2, 0.25) is 0 Å². The fraction of sp³-hybridized carbons (Fsp3) is 0.0833. The predicted octanol–water partition coefficient (Wildman–Crippen LogP) is 1.88. The first-order valence-electron chi connectivity index (χ1n) is 5.59. The lowest BCUT2D eigenvalue weighted by Gasteiger charge is -2.09. The van der Waals surface area contributed by atoms with Gasteiger partial charge in [0.15, 0.2) is 5.65 Å². The molecule has 0 radical (unpaired) electrons. The van der Waals surface area contributed by atoms with Crippen LogP contribution < -0.4 is 5.43 Å². The van der Waals surface area contributed by atoms with Crippen molar-refractivity contribution < 1.29 is 5.11 Å². The molecule has 1 aromatic carbocycles. The van der Waals surface area contributed by atoms with Crippen molar-refractivity contribution in [1.82, 2.24) is 19.6 Å². The molecule has 2 N–H and O–H groups in total. The average molecular weight is 367 g/mol. The number of para-hydroxylation sites is 1. The third-order valence-corrected chi connectivity index (χ3v) is 3.59. The van der Waals surface area contributed by atoms with Crippen LogP contribution in [-0.2, 0) is 6.54 Å². The number of phenolic OH excluding ortho intramolecular Hbond substituents is 1. The first-order valence-corrected chi connectivity index (χ1v) is 6.67. The number of phenols is 1. The normalized spacial score (nSPS) is 10.8. The minimum Gasteiger partial charge on any atom is -0.506 e. The van der Waals surface area contributed by atoms with Gasteiger partial charge in [-0.25, -0.2) is 19.6 Å². The summed E-state index contributed by atoms with van der Waals surface area (Å²) in [6, 6.07) is 5.64. The van der Waals surface area contributed by atoms with E-state index in [0.717, 1.165) is 14.7 Å². The van der Waals surface area contributed by atoms with Crippen LogP contribution in [0.15, 0.2) is 37.1 Å². The number of halogens is 1. The predicted molar refractivity (Wildman–Crippen MR) is 79.2 cm³/mol. The molecule has 2 aromatic heterocycles. The zero-order valence-corrected chi connectivity index (χ0v) is 11.9. The van der Waals surface area contributed by atoms with Crippen LogP contribution in [0.5, 0.6) is 5.75 Å². The maximum absolute atomic E-state index is 9.94. The highest BCUT2D eigenvalue weighted by Gasteiger charge is 2.06. The standard InChI is InChI=1S/C12H10IN5O/c13-9-3-1-2-8(11(9)19)4-17-18-7-16-10-5-14-6-15-12(10)18/h1-3,5-7,17,19H,4H2. The van der Waals surface area contributed by atoms with Crippen LogP contribution >= 0.6 is 22.6 Å². The molecule has 0 saturated carbocycles. The largest absolute Gasteiger partial charge is 0.506 e. The number of aromatic nitrogens is 4. The summed E-state index contributed by atoms with van der Waals surface area (Å²) in [4.78, 5) is 12.3. The molecule has 0 spiro atoms. The maximum Gasteiger partial charge on any atom is 0.181 e. The molecule has 0 aliphatic heterocycles. The SMILES string of the molecule is Oc1c(I)cccc1CNn1cnc2cncnc21. The Kier molecular flexibility index (Phi) is 3.20. The second-order valence-corrected chi connectivity index (χ2v) is 5.09. The fourth-order valence-electron chi connectivity index (χ4n) is 1.76. The number of hydrogen-bond donors (Lipinski definition) is 2. The van der Waals surface area contributed by atoms with E-state index in [1.165, 1.54) is 6.33 Å². The van der Waals surface area contributed by atoms with Crippen LogP contribution in [0.1, 0.15) is 5.56 Å². The molecular formula is C12H10IN5O. The molecular weight excluding hydrogens is 357 g/mol. The van der Waals surface area contributed by atoms with Crippen molar-refractivity contribution in [2.75, 3.05) is 5.43 Å². The highest BCUT2D eigenvalue weighted by Crippen LogP contribution is 2.23. The Morgan fingerprint density at radius 3 is 3.11 bits per heavy atom.